The van der Waals surface area contributed by atoms with Crippen LogP contribution in [0.25, 0.3) is 0 Å². The van der Waals surface area contributed by atoms with Crippen molar-refractivity contribution in [3.05, 3.63) is 58.1 Å². The number of nitrogens with one attached hydrogen (secondary N) is 2. The lowest BCUT2D eigenvalue weighted by Gasteiger charge is -2.11. The molecular formula is C17H17BrN2O5S. The van der Waals surface area contributed by atoms with Crippen LogP contribution in [-0.4, -0.2) is 33.9 Å². The number of benzene rings is 2. The highest BCUT2D eigenvalue weighted by Crippen LogP contribution is 2.25. The molecule has 2 N–H and O–H groups in total. The number of hydrogen-bond acceptors (Lipinski definition) is 5. The van der Waals surface area contributed by atoms with Crippen LogP contribution < -0.4 is 10.0 Å². The minimum atomic E-state index is -3.78. The molecule has 138 valence electrons. The van der Waals surface area contributed by atoms with Gasteiger partial charge in [0.05, 0.1) is 7.11 Å². The molecule has 26 heavy (non-hydrogen) atoms. The first kappa shape index (κ1) is 19.9. The molecule has 0 aliphatic rings. The standard InChI is InChI=1S/C17H17BrN2O5S/c1-11-3-8-15(14(18)9-11)26(23,24)20-13-6-4-12(5-7-13)17(22)19-10-16(21)25-2/h3-9,20H,10H2,1-2H3,(H,19,22). The number of anilines is 1. The fraction of sp³-hybridized carbons (Fsp3) is 0.176. The Balaban J connectivity index is 2.11. The van der Waals surface area contributed by atoms with Crippen molar-refractivity contribution in [3.63, 3.8) is 0 Å². The molecule has 0 saturated heterocycles. The Morgan fingerprint density at radius 1 is 1.12 bits per heavy atom. The van der Waals surface area contributed by atoms with Gasteiger partial charge in [0.1, 0.15) is 11.4 Å². The molecular weight excluding hydrogens is 424 g/mol. The number of hydrogen-bond donors (Lipinski definition) is 2. The molecule has 0 bridgehead atoms. The molecule has 0 spiro atoms. The fourth-order valence-corrected chi connectivity index (χ4v) is 4.30. The highest BCUT2D eigenvalue weighted by Gasteiger charge is 2.18. The predicted octanol–water partition coefficient (Wildman–Crippen LogP) is 2.46. The summed E-state index contributed by atoms with van der Waals surface area (Å²) in [5.74, 6) is -1.03. The maximum absolute atomic E-state index is 12.5. The quantitative estimate of drug-likeness (QED) is 0.671. The van der Waals surface area contributed by atoms with E-state index < -0.39 is 21.9 Å². The van der Waals surface area contributed by atoms with Gasteiger partial charge in [-0.05, 0) is 64.8 Å². The molecule has 0 fully saturated rings. The van der Waals surface area contributed by atoms with Crippen LogP contribution >= 0.6 is 15.9 Å². The first-order chi connectivity index (χ1) is 12.2. The molecule has 2 aromatic carbocycles. The average Bonchev–Trinajstić information content (AvgIpc) is 2.59. The summed E-state index contributed by atoms with van der Waals surface area (Å²) in [6, 6.07) is 10.8. The van der Waals surface area contributed by atoms with E-state index in [1.54, 1.807) is 12.1 Å². The summed E-state index contributed by atoms with van der Waals surface area (Å²) in [5.41, 5.74) is 1.52. The lowest BCUT2D eigenvalue weighted by atomic mass is 10.2. The van der Waals surface area contributed by atoms with E-state index in [9.17, 15) is 18.0 Å². The Morgan fingerprint density at radius 2 is 1.77 bits per heavy atom. The summed E-state index contributed by atoms with van der Waals surface area (Å²) in [4.78, 5) is 23.0. The van der Waals surface area contributed by atoms with Gasteiger partial charge in [0.15, 0.2) is 0 Å². The van der Waals surface area contributed by atoms with Crippen molar-refractivity contribution < 1.29 is 22.7 Å². The van der Waals surface area contributed by atoms with E-state index in [2.05, 4.69) is 30.7 Å². The van der Waals surface area contributed by atoms with Crippen LogP contribution in [0.3, 0.4) is 0 Å². The topological polar surface area (TPSA) is 102 Å². The molecule has 0 unspecified atom stereocenters. The number of aryl methyl sites for hydroxylation is 1. The minimum absolute atomic E-state index is 0.114. The molecule has 0 atom stereocenters. The lowest BCUT2D eigenvalue weighted by molar-refractivity contribution is -0.139. The van der Waals surface area contributed by atoms with E-state index in [4.69, 9.17) is 0 Å². The second kappa shape index (κ2) is 8.33. The SMILES string of the molecule is COC(=O)CNC(=O)c1ccc(NS(=O)(=O)c2ccc(C)cc2Br)cc1. The third-order valence-electron chi connectivity index (χ3n) is 3.40. The molecule has 0 aromatic heterocycles. The zero-order valence-electron chi connectivity index (χ0n) is 14.1. The number of rotatable bonds is 6. The van der Waals surface area contributed by atoms with Crippen LogP contribution in [-0.2, 0) is 19.6 Å². The summed E-state index contributed by atoms with van der Waals surface area (Å²) in [5, 5.41) is 2.40. The maximum Gasteiger partial charge on any atom is 0.325 e. The summed E-state index contributed by atoms with van der Waals surface area (Å²) < 4.78 is 32.3. The second-order valence-electron chi connectivity index (χ2n) is 5.38. The van der Waals surface area contributed by atoms with Crippen molar-refractivity contribution in [3.8, 4) is 0 Å². The Bertz CT molecular complexity index is 927. The summed E-state index contributed by atoms with van der Waals surface area (Å²) >= 11 is 3.25. The van der Waals surface area contributed by atoms with E-state index in [-0.39, 0.29) is 17.0 Å². The van der Waals surface area contributed by atoms with Gasteiger partial charge in [-0.3, -0.25) is 14.3 Å². The minimum Gasteiger partial charge on any atom is -0.468 e. The number of carbonyl (C=O) groups is 2. The van der Waals surface area contributed by atoms with Crippen LogP contribution in [0.4, 0.5) is 5.69 Å². The molecule has 2 rings (SSSR count). The van der Waals surface area contributed by atoms with Crippen molar-refractivity contribution in [2.24, 2.45) is 0 Å². The van der Waals surface area contributed by atoms with Crippen LogP contribution in [0.15, 0.2) is 51.8 Å². The Kier molecular flexibility index (Phi) is 6.38. The third kappa shape index (κ3) is 5.06. The molecule has 1 amide bonds. The van der Waals surface area contributed by atoms with Gasteiger partial charge in [-0.2, -0.15) is 0 Å². The number of carbonyl (C=O) groups excluding carboxylic acids is 2. The van der Waals surface area contributed by atoms with E-state index in [0.717, 1.165) is 5.56 Å². The normalized spacial score (nSPS) is 10.9. The smallest absolute Gasteiger partial charge is 0.325 e. The third-order valence-corrected chi connectivity index (χ3v) is 5.76. The summed E-state index contributed by atoms with van der Waals surface area (Å²) in [6.07, 6.45) is 0. The Morgan fingerprint density at radius 3 is 2.35 bits per heavy atom. The van der Waals surface area contributed by atoms with Gasteiger partial charge in [0, 0.05) is 15.7 Å². The monoisotopic (exact) mass is 440 g/mol. The molecule has 0 radical (unpaired) electrons. The van der Waals surface area contributed by atoms with Crippen molar-refractivity contribution in [1.29, 1.82) is 0 Å². The van der Waals surface area contributed by atoms with Crippen molar-refractivity contribution in [2.45, 2.75) is 11.8 Å². The highest BCUT2D eigenvalue weighted by molar-refractivity contribution is 9.10. The van der Waals surface area contributed by atoms with Crippen LogP contribution in [0.1, 0.15) is 15.9 Å². The largest absolute Gasteiger partial charge is 0.468 e. The predicted molar refractivity (Wildman–Crippen MR) is 100 cm³/mol. The van der Waals surface area contributed by atoms with Gasteiger partial charge >= 0.3 is 5.97 Å². The van der Waals surface area contributed by atoms with Gasteiger partial charge in [-0.25, -0.2) is 8.42 Å². The van der Waals surface area contributed by atoms with E-state index in [0.29, 0.717) is 10.2 Å². The zero-order valence-corrected chi connectivity index (χ0v) is 16.5. The van der Waals surface area contributed by atoms with Gasteiger partial charge in [0.2, 0.25) is 0 Å². The van der Waals surface area contributed by atoms with E-state index >= 15 is 0 Å². The second-order valence-corrected chi connectivity index (χ2v) is 7.88. The van der Waals surface area contributed by atoms with Gasteiger partial charge in [0.25, 0.3) is 15.9 Å². The first-order valence-electron chi connectivity index (χ1n) is 7.47. The highest BCUT2D eigenvalue weighted by atomic mass is 79.9. The van der Waals surface area contributed by atoms with Crippen LogP contribution in [0.5, 0.6) is 0 Å². The van der Waals surface area contributed by atoms with E-state index in [1.807, 2.05) is 6.92 Å². The Hall–Kier alpha value is -2.39. The number of esters is 1. The molecule has 0 heterocycles. The number of ether oxygens (including phenoxy) is 1. The number of halogens is 1. The fourth-order valence-electron chi connectivity index (χ4n) is 2.05. The van der Waals surface area contributed by atoms with Gasteiger partial charge in [-0.15, -0.1) is 0 Å². The van der Waals surface area contributed by atoms with E-state index in [1.165, 1.54) is 37.4 Å². The zero-order chi connectivity index (χ0) is 19.3. The van der Waals surface area contributed by atoms with Gasteiger partial charge in [-0.1, -0.05) is 6.07 Å². The number of amides is 1. The van der Waals surface area contributed by atoms with Crippen LogP contribution in [0.2, 0.25) is 0 Å². The van der Waals surface area contributed by atoms with Crippen molar-refractivity contribution in [1.82, 2.24) is 5.32 Å². The van der Waals surface area contributed by atoms with Crippen LogP contribution in [0, 0.1) is 6.92 Å². The molecule has 2 aromatic rings. The average molecular weight is 441 g/mol. The van der Waals surface area contributed by atoms with Gasteiger partial charge < -0.3 is 10.1 Å². The molecule has 9 heteroatoms. The summed E-state index contributed by atoms with van der Waals surface area (Å²) in [6.45, 7) is 1.61. The molecule has 0 aliphatic carbocycles. The number of methoxy groups -OCH3 is 1. The number of sulfonamides is 1. The van der Waals surface area contributed by atoms with Crippen molar-refractivity contribution >= 4 is 43.5 Å². The maximum atomic E-state index is 12.5. The molecule has 7 nitrogen and oxygen atoms in total. The first-order valence-corrected chi connectivity index (χ1v) is 9.74. The Labute approximate surface area is 159 Å². The summed E-state index contributed by atoms with van der Waals surface area (Å²) in [7, 11) is -2.55. The molecule has 0 aliphatic heterocycles. The van der Waals surface area contributed by atoms with Crippen molar-refractivity contribution in [2.75, 3.05) is 18.4 Å². The molecule has 0 saturated carbocycles. The lowest BCUT2D eigenvalue weighted by Crippen LogP contribution is -2.30.